The van der Waals surface area contributed by atoms with Gasteiger partial charge in [-0.3, -0.25) is 52.7 Å². The monoisotopic (exact) mass is 1450 g/mol. The highest BCUT2D eigenvalue weighted by molar-refractivity contribution is 7.98. The number of thioether (sulfide) groups is 2. The number of aliphatic hydroxyl groups excluding tert-OH is 1. The van der Waals surface area contributed by atoms with Crippen molar-refractivity contribution in [3.63, 3.8) is 0 Å². The molecule has 8 aliphatic rings. The predicted molar refractivity (Wildman–Crippen MR) is 384 cm³/mol. The third-order valence-corrected chi connectivity index (χ3v) is 24.7. The number of carboxylic acid groups (broad SMARTS) is 1. The van der Waals surface area contributed by atoms with E-state index in [0.717, 1.165) is 67.4 Å². The Morgan fingerprint density at radius 2 is 1.22 bits per heavy atom. The summed E-state index contributed by atoms with van der Waals surface area (Å²) in [7, 11) is 4.24. The Morgan fingerprint density at radius 3 is 1.85 bits per heavy atom. The highest BCUT2D eigenvalue weighted by Gasteiger charge is 2.47. The first kappa shape index (κ1) is 79.0. The lowest BCUT2D eigenvalue weighted by atomic mass is 9.77. The number of likely N-dealkylation sites (N-methyl/N-ethyl adjacent to an activating group) is 3. The molecule has 9 rings (SSSR count). The SMILES string of the molecule is CN1CC(=O)N[C@@H](CC2CNC3CCCCC23)C(=O)N[C@@H](CC2CNC3CCCCC23)C(=O)N(C)[C@@H](CC(=O)O)C(=O)N[C@@H](CC2CNCN2)C(=O)N(C)[C@@H](CC2CCC(O)CC2)C(=O)N2CCC[C@H]2C(=O)N[C@H](C(N)=O)CSCc2cccc(c2)CSCCC(=O)N[C@@H](CCCCN)C1=O. The highest BCUT2D eigenvalue weighted by atomic mass is 32.2. The standard InChI is InChI=1S/C71H113N15O13S2/c1-83-37-62(89)79-54(30-45-34-75-51-16-6-4-14-49(45)51)65(93)80-55(31-46-35-76-52-17-7-5-15-50(46)52)69(97)84(2)59(33-63(90)91)67(95)81-56(32-47-36-74-41-77-47)70(98)85(3)60(29-42-20-22-48(87)23-21-42)71(99)86-26-11-19-58(86)66(94)82-57(64(73)92)40-101-39-44-13-10-12-43(28-44)38-100-27-24-61(88)78-53(68(83)96)18-8-9-25-72/h10,12-13,28,42,45-60,74-77,87H,4-9,11,14-27,29-41,72H2,1-3H3,(H2,73,92)(H,78,88)(H,79,89)(H,80,93)(H,81,95)(H,82,94)(H,90,91)/t42?,45?,46?,47?,48?,49?,50?,51?,52?,53-,54-,55-,56-,57-,58-,59-,60-/m0/s1. The van der Waals surface area contributed by atoms with Gasteiger partial charge < -0.3 is 89.1 Å². The molecule has 1 aromatic rings. The van der Waals surface area contributed by atoms with Crippen molar-refractivity contribution < 1.29 is 63.0 Å². The van der Waals surface area contributed by atoms with E-state index in [-0.39, 0.29) is 105 Å². The van der Waals surface area contributed by atoms with Crippen LogP contribution in [0.25, 0.3) is 0 Å². The summed E-state index contributed by atoms with van der Waals surface area (Å²) in [5, 5.41) is 49.6. The second-order valence-corrected chi connectivity index (χ2v) is 31.9. The number of benzene rings is 1. The maximum Gasteiger partial charge on any atom is 0.305 e. The molecule has 3 saturated carbocycles. The molecule has 4 saturated heterocycles. The lowest BCUT2D eigenvalue weighted by molar-refractivity contribution is -0.151. The molecule has 3 aliphatic carbocycles. The van der Waals surface area contributed by atoms with Crippen LogP contribution in [0.2, 0.25) is 0 Å². The number of carbonyl (C=O) groups excluding carboxylic acids is 10. The van der Waals surface area contributed by atoms with Gasteiger partial charge in [-0.2, -0.15) is 23.5 Å². The molecule has 30 heteroatoms. The number of nitrogens with one attached hydrogen (secondary N) is 9. The van der Waals surface area contributed by atoms with E-state index in [1.807, 2.05) is 24.3 Å². The summed E-state index contributed by atoms with van der Waals surface area (Å²) < 4.78 is 0. The minimum atomic E-state index is -1.75. The van der Waals surface area contributed by atoms with Gasteiger partial charge in [0.1, 0.15) is 48.3 Å². The molecule has 15 N–H and O–H groups in total. The number of rotatable bonds is 15. The first-order valence-electron chi connectivity index (χ1n) is 37.2. The second-order valence-electron chi connectivity index (χ2n) is 29.8. The van der Waals surface area contributed by atoms with Crippen molar-refractivity contribution in [1.82, 2.24) is 67.5 Å². The summed E-state index contributed by atoms with van der Waals surface area (Å²) in [5.74, 6) is -6.29. The maximum atomic E-state index is 15.7. The van der Waals surface area contributed by atoms with Crippen LogP contribution in [0.15, 0.2) is 24.3 Å². The van der Waals surface area contributed by atoms with Crippen LogP contribution in [0, 0.1) is 29.6 Å². The summed E-state index contributed by atoms with van der Waals surface area (Å²) in [6.07, 6.45) is 11.0. The fourth-order valence-corrected chi connectivity index (χ4v) is 18.8. The van der Waals surface area contributed by atoms with Gasteiger partial charge >= 0.3 is 5.97 Å². The van der Waals surface area contributed by atoms with E-state index >= 15 is 24.0 Å². The number of nitrogens with zero attached hydrogens (tertiary/aromatic N) is 4. The van der Waals surface area contributed by atoms with E-state index in [0.29, 0.717) is 95.1 Å². The summed E-state index contributed by atoms with van der Waals surface area (Å²) in [5.41, 5.74) is 13.7. The van der Waals surface area contributed by atoms with Crippen molar-refractivity contribution in [3.8, 4) is 0 Å². The van der Waals surface area contributed by atoms with E-state index in [4.69, 9.17) is 11.5 Å². The number of unbranched alkanes of at least 4 members (excludes halogenated alkanes) is 1. The summed E-state index contributed by atoms with van der Waals surface area (Å²) in [6, 6.07) is -2.14. The Labute approximate surface area is 602 Å². The molecule has 0 aromatic heterocycles. The number of nitrogens with two attached hydrogens (primary N) is 2. The summed E-state index contributed by atoms with van der Waals surface area (Å²) in [6.45, 7) is 1.94. The second kappa shape index (κ2) is 38.6. The number of primary amides is 1. The number of carboxylic acids is 1. The third kappa shape index (κ3) is 22.2. The fourth-order valence-electron chi connectivity index (χ4n) is 16.9. The molecule has 5 heterocycles. The average Bonchev–Trinajstić information content (AvgIpc) is 1.79. The molecule has 0 spiro atoms. The van der Waals surface area contributed by atoms with E-state index in [9.17, 15) is 39.0 Å². The van der Waals surface area contributed by atoms with E-state index in [2.05, 4.69) is 47.9 Å². The number of hydrogen-bond donors (Lipinski definition) is 13. The van der Waals surface area contributed by atoms with Gasteiger partial charge in [0.25, 0.3) is 0 Å². The van der Waals surface area contributed by atoms with Gasteiger partial charge in [0.2, 0.25) is 59.1 Å². The molecule has 28 nitrogen and oxygen atoms in total. The molecule has 0 radical (unpaired) electrons. The van der Waals surface area contributed by atoms with Gasteiger partial charge in [-0.05, 0) is 170 Å². The zero-order valence-electron chi connectivity index (χ0n) is 59.3. The predicted octanol–water partition coefficient (Wildman–Crippen LogP) is 0.360. The quantitative estimate of drug-likeness (QED) is 0.105. The first-order valence-corrected chi connectivity index (χ1v) is 39.5. The zero-order chi connectivity index (χ0) is 72.3. The minimum Gasteiger partial charge on any atom is -0.481 e. The van der Waals surface area contributed by atoms with Gasteiger partial charge in [-0.15, -0.1) is 0 Å². The summed E-state index contributed by atoms with van der Waals surface area (Å²) in [4.78, 5) is 166. The molecule has 10 amide bonds. The smallest absolute Gasteiger partial charge is 0.305 e. The van der Waals surface area contributed by atoms with Crippen LogP contribution in [0.5, 0.6) is 0 Å². The molecular weight excluding hydrogens is 1340 g/mol. The van der Waals surface area contributed by atoms with Gasteiger partial charge in [0.05, 0.1) is 19.1 Å². The molecule has 15 atom stereocenters. The van der Waals surface area contributed by atoms with Crippen LogP contribution in [0.4, 0.5) is 0 Å². The zero-order valence-corrected chi connectivity index (χ0v) is 60.9. The van der Waals surface area contributed by atoms with Crippen molar-refractivity contribution in [2.45, 2.75) is 232 Å². The number of carbonyl (C=O) groups is 11. The van der Waals surface area contributed by atoms with Crippen LogP contribution in [-0.4, -0.2) is 246 Å². The molecule has 7 fully saturated rings. The van der Waals surface area contributed by atoms with Gasteiger partial charge in [-0.25, -0.2) is 0 Å². The van der Waals surface area contributed by atoms with E-state index in [1.165, 1.54) is 59.4 Å². The number of aliphatic hydroxyl groups is 1. The van der Waals surface area contributed by atoms with Gasteiger partial charge in [0.15, 0.2) is 0 Å². The van der Waals surface area contributed by atoms with Gasteiger partial charge in [0, 0.05) is 88.5 Å². The lowest BCUT2D eigenvalue weighted by Gasteiger charge is -2.38. The Balaban J connectivity index is 1.04. The number of amides is 10. The Kier molecular flexibility index (Phi) is 30.2. The Morgan fingerprint density at radius 1 is 0.604 bits per heavy atom. The lowest BCUT2D eigenvalue weighted by Crippen LogP contribution is -2.61. The molecular formula is C71H113N15O13S2. The van der Waals surface area contributed by atoms with Crippen LogP contribution in [-0.2, 0) is 64.2 Å². The minimum absolute atomic E-state index is 0.0291. The average molecular weight is 1450 g/mol. The topological polar surface area (TPSA) is 401 Å². The molecule has 2 bridgehead atoms. The van der Waals surface area contributed by atoms with Gasteiger partial charge in [-0.1, -0.05) is 49.9 Å². The Hall–Kier alpha value is -6.15. The highest BCUT2D eigenvalue weighted by Crippen LogP contribution is 2.39. The molecule has 562 valence electrons. The number of fused-ring (bicyclic) bond motifs is 5. The van der Waals surface area contributed by atoms with E-state index < -0.39 is 133 Å². The van der Waals surface area contributed by atoms with Crippen LogP contribution in [0.3, 0.4) is 0 Å². The number of hydrogen-bond acceptors (Lipinski definition) is 19. The molecule has 7 unspecified atom stereocenters. The van der Waals surface area contributed by atoms with E-state index in [1.54, 1.807) is 0 Å². The fraction of sp³-hybridized carbons (Fsp3) is 0.761. The summed E-state index contributed by atoms with van der Waals surface area (Å²) >= 11 is 2.93. The van der Waals surface area contributed by atoms with Crippen molar-refractivity contribution in [2.75, 3.05) is 78.6 Å². The first-order chi connectivity index (χ1) is 48.5. The maximum absolute atomic E-state index is 15.7. The largest absolute Gasteiger partial charge is 0.481 e. The van der Waals surface area contributed by atoms with Crippen LogP contribution in [0.1, 0.15) is 159 Å². The normalized spacial score (nSPS) is 33.5. The van der Waals surface area contributed by atoms with Crippen molar-refractivity contribution in [2.24, 2.45) is 41.1 Å². The molecule has 1 aromatic carbocycles. The van der Waals surface area contributed by atoms with Crippen molar-refractivity contribution in [3.05, 3.63) is 35.4 Å². The third-order valence-electron chi connectivity index (χ3n) is 22.6. The van der Waals surface area contributed by atoms with Crippen LogP contribution >= 0.6 is 23.5 Å². The number of aliphatic carboxylic acids is 1. The van der Waals surface area contributed by atoms with Crippen molar-refractivity contribution in [1.29, 1.82) is 0 Å². The Bertz CT molecular complexity index is 3030. The van der Waals surface area contributed by atoms with Crippen LogP contribution < -0.4 is 59.3 Å². The van der Waals surface area contributed by atoms with Crippen molar-refractivity contribution >= 4 is 88.6 Å². The molecule has 101 heavy (non-hydrogen) atoms. The molecule has 5 aliphatic heterocycles.